The van der Waals surface area contributed by atoms with E-state index in [2.05, 4.69) is 17.0 Å². The lowest BCUT2D eigenvalue weighted by atomic mass is 10.1. The molecule has 0 aliphatic carbocycles. The number of amides is 1. The minimum atomic E-state index is -0.972. The van der Waals surface area contributed by atoms with Gasteiger partial charge >= 0.3 is 6.09 Å². The summed E-state index contributed by atoms with van der Waals surface area (Å²) in [4.78, 5) is 17.1. The molecule has 1 amide bonds. The summed E-state index contributed by atoms with van der Waals surface area (Å²) in [6, 6.07) is 14.2. The smallest absolute Gasteiger partial charge is 0.409 e. The van der Waals surface area contributed by atoms with Gasteiger partial charge in [0.25, 0.3) is 0 Å². The predicted molar refractivity (Wildman–Crippen MR) is 127 cm³/mol. The SMILES string of the molecule is CC(C)COC(=O)N1CCC(Oc2cccc3c2CCN3c2ccc([S+](C)[O-])cc2)CC1. The first-order valence-corrected chi connectivity index (χ1v) is 12.9. The lowest BCUT2D eigenvalue weighted by molar-refractivity contribution is 0.0616. The summed E-state index contributed by atoms with van der Waals surface area (Å²) in [5.74, 6) is 1.28. The van der Waals surface area contributed by atoms with Gasteiger partial charge in [-0.1, -0.05) is 19.9 Å². The van der Waals surface area contributed by atoms with Crippen LogP contribution in [-0.2, 0) is 22.3 Å². The Labute approximate surface area is 193 Å². The van der Waals surface area contributed by atoms with E-state index in [0.29, 0.717) is 25.6 Å². The molecule has 2 aliphatic rings. The number of carbonyl (C=O) groups excluding carboxylic acids is 1. The molecule has 0 bridgehead atoms. The van der Waals surface area contributed by atoms with E-state index in [0.717, 1.165) is 42.1 Å². The molecule has 2 aromatic carbocycles. The van der Waals surface area contributed by atoms with E-state index in [1.54, 1.807) is 11.2 Å². The van der Waals surface area contributed by atoms with Crippen LogP contribution in [0.1, 0.15) is 32.3 Å². The summed E-state index contributed by atoms with van der Waals surface area (Å²) in [5.41, 5.74) is 3.50. The minimum absolute atomic E-state index is 0.100. The van der Waals surface area contributed by atoms with Crippen LogP contribution >= 0.6 is 0 Å². The maximum atomic E-state index is 12.2. The van der Waals surface area contributed by atoms with Gasteiger partial charge in [0, 0.05) is 49.4 Å². The summed E-state index contributed by atoms with van der Waals surface area (Å²) in [5, 5.41) is 0. The van der Waals surface area contributed by atoms with Gasteiger partial charge in [-0.2, -0.15) is 0 Å². The molecule has 2 aliphatic heterocycles. The molecule has 172 valence electrons. The fraction of sp³-hybridized carbons (Fsp3) is 0.480. The van der Waals surface area contributed by atoms with Crippen molar-refractivity contribution in [2.24, 2.45) is 5.92 Å². The second-order valence-electron chi connectivity index (χ2n) is 8.88. The number of carbonyl (C=O) groups is 1. The van der Waals surface area contributed by atoms with Gasteiger partial charge in [0.1, 0.15) is 18.1 Å². The molecule has 1 fully saturated rings. The molecule has 0 saturated carbocycles. The van der Waals surface area contributed by atoms with Crippen LogP contribution in [0.25, 0.3) is 0 Å². The van der Waals surface area contributed by atoms with Gasteiger partial charge in [-0.15, -0.1) is 0 Å². The van der Waals surface area contributed by atoms with Crippen molar-refractivity contribution in [1.82, 2.24) is 4.90 Å². The first-order valence-electron chi connectivity index (χ1n) is 11.3. The molecular formula is C25H32N2O4S. The highest BCUT2D eigenvalue weighted by molar-refractivity contribution is 7.90. The Bertz CT molecular complexity index is 924. The van der Waals surface area contributed by atoms with Crippen LogP contribution < -0.4 is 9.64 Å². The van der Waals surface area contributed by atoms with Crippen LogP contribution in [-0.4, -0.2) is 54.1 Å². The van der Waals surface area contributed by atoms with Gasteiger partial charge in [0.15, 0.2) is 4.90 Å². The van der Waals surface area contributed by atoms with Crippen LogP contribution in [0.5, 0.6) is 5.75 Å². The van der Waals surface area contributed by atoms with Crippen LogP contribution in [0.4, 0.5) is 16.2 Å². The Hall–Kier alpha value is -2.38. The standard InChI is InChI=1S/C25H32N2O4S/c1-18(2)17-30-25(28)26-14-11-20(12-15-26)31-24-6-4-5-23-22(24)13-16-27(23)19-7-9-21(10-8-19)32(3)29/h4-10,18,20H,11-17H2,1-3H3. The topological polar surface area (TPSA) is 65.1 Å². The lowest BCUT2D eigenvalue weighted by Gasteiger charge is -2.32. The zero-order chi connectivity index (χ0) is 22.7. The molecule has 0 aromatic heterocycles. The fourth-order valence-electron chi connectivity index (χ4n) is 4.26. The zero-order valence-electron chi connectivity index (χ0n) is 19.1. The molecule has 1 atom stereocenters. The number of likely N-dealkylation sites (tertiary alicyclic amines) is 1. The van der Waals surface area contributed by atoms with Gasteiger partial charge < -0.3 is 23.8 Å². The van der Waals surface area contributed by atoms with E-state index in [1.165, 1.54) is 11.3 Å². The van der Waals surface area contributed by atoms with Crippen molar-refractivity contribution in [2.75, 3.05) is 37.4 Å². The van der Waals surface area contributed by atoms with E-state index >= 15 is 0 Å². The van der Waals surface area contributed by atoms with Crippen molar-refractivity contribution in [3.8, 4) is 5.75 Å². The maximum absolute atomic E-state index is 12.2. The lowest BCUT2D eigenvalue weighted by Crippen LogP contribution is -2.42. The molecule has 0 spiro atoms. The molecule has 32 heavy (non-hydrogen) atoms. The third-order valence-corrected chi connectivity index (χ3v) is 6.93. The number of piperidine rings is 1. The number of hydrogen-bond donors (Lipinski definition) is 0. The van der Waals surface area contributed by atoms with E-state index < -0.39 is 11.2 Å². The Morgan fingerprint density at radius 3 is 2.50 bits per heavy atom. The van der Waals surface area contributed by atoms with Crippen LogP contribution in [0.2, 0.25) is 0 Å². The van der Waals surface area contributed by atoms with E-state index in [-0.39, 0.29) is 12.2 Å². The normalized spacial score (nSPS) is 17.4. The highest BCUT2D eigenvalue weighted by Gasteiger charge is 2.28. The second-order valence-corrected chi connectivity index (χ2v) is 10.3. The van der Waals surface area contributed by atoms with Crippen molar-refractivity contribution in [1.29, 1.82) is 0 Å². The molecule has 0 N–H and O–H groups in total. The largest absolute Gasteiger partial charge is 0.612 e. The van der Waals surface area contributed by atoms with Gasteiger partial charge in [-0.05, 0) is 59.9 Å². The van der Waals surface area contributed by atoms with Gasteiger partial charge in [-0.3, -0.25) is 0 Å². The number of hydrogen-bond acceptors (Lipinski definition) is 5. The van der Waals surface area contributed by atoms with Crippen molar-refractivity contribution in [2.45, 2.75) is 44.1 Å². The van der Waals surface area contributed by atoms with E-state index in [1.807, 2.05) is 44.2 Å². The molecular weight excluding hydrogens is 424 g/mol. The van der Waals surface area contributed by atoms with Crippen LogP contribution in [0.3, 0.4) is 0 Å². The summed E-state index contributed by atoms with van der Waals surface area (Å²) in [6.07, 6.45) is 4.12. The summed E-state index contributed by atoms with van der Waals surface area (Å²) in [7, 11) is 0. The first-order chi connectivity index (χ1) is 15.4. The molecule has 1 unspecified atom stereocenters. The average molecular weight is 457 g/mol. The Kier molecular flexibility index (Phi) is 7.16. The van der Waals surface area contributed by atoms with E-state index in [9.17, 15) is 9.35 Å². The number of nitrogens with zero attached hydrogens (tertiary/aromatic N) is 2. The third kappa shape index (κ3) is 5.15. The number of ether oxygens (including phenoxy) is 2. The monoisotopic (exact) mass is 456 g/mol. The molecule has 1 saturated heterocycles. The Balaban J connectivity index is 1.38. The highest BCUT2D eigenvalue weighted by Crippen LogP contribution is 2.40. The van der Waals surface area contributed by atoms with Gasteiger partial charge in [-0.25, -0.2) is 4.79 Å². The molecule has 0 radical (unpaired) electrons. The maximum Gasteiger partial charge on any atom is 0.409 e. The second kappa shape index (κ2) is 10.0. The third-order valence-electron chi connectivity index (χ3n) is 6.00. The van der Waals surface area contributed by atoms with Crippen molar-refractivity contribution >= 4 is 28.6 Å². The van der Waals surface area contributed by atoms with Crippen LogP contribution in [0, 0.1) is 5.92 Å². The Morgan fingerprint density at radius 1 is 1.12 bits per heavy atom. The summed E-state index contributed by atoms with van der Waals surface area (Å²) >= 11 is -0.972. The van der Waals surface area contributed by atoms with Crippen molar-refractivity contribution in [3.63, 3.8) is 0 Å². The molecule has 2 heterocycles. The highest BCUT2D eigenvalue weighted by atomic mass is 32.2. The number of benzene rings is 2. The van der Waals surface area contributed by atoms with Crippen molar-refractivity contribution < 1.29 is 18.8 Å². The quantitative estimate of drug-likeness (QED) is 0.587. The van der Waals surface area contributed by atoms with E-state index in [4.69, 9.17) is 9.47 Å². The van der Waals surface area contributed by atoms with Crippen molar-refractivity contribution in [3.05, 3.63) is 48.0 Å². The average Bonchev–Trinajstić information content (AvgIpc) is 3.23. The summed E-state index contributed by atoms with van der Waals surface area (Å²) < 4.78 is 23.4. The number of rotatable bonds is 6. The first kappa shape index (κ1) is 22.8. The zero-order valence-corrected chi connectivity index (χ0v) is 19.9. The minimum Gasteiger partial charge on any atom is -0.612 e. The predicted octanol–water partition coefficient (Wildman–Crippen LogP) is 4.75. The summed E-state index contributed by atoms with van der Waals surface area (Å²) in [6.45, 7) is 6.75. The molecule has 4 rings (SSSR count). The molecule has 2 aromatic rings. The van der Waals surface area contributed by atoms with Gasteiger partial charge in [0.2, 0.25) is 0 Å². The van der Waals surface area contributed by atoms with Gasteiger partial charge in [0.05, 0.1) is 6.61 Å². The fourth-order valence-corrected chi connectivity index (χ4v) is 4.78. The number of fused-ring (bicyclic) bond motifs is 1. The molecule has 6 nitrogen and oxygen atoms in total. The number of anilines is 2. The Morgan fingerprint density at radius 2 is 1.84 bits per heavy atom. The van der Waals surface area contributed by atoms with Crippen LogP contribution in [0.15, 0.2) is 47.4 Å². The molecule has 7 heteroatoms.